The Labute approximate surface area is 178 Å². The van der Waals surface area contributed by atoms with E-state index in [1.165, 1.54) is 0 Å². The molecule has 158 valence electrons. The van der Waals surface area contributed by atoms with Crippen molar-refractivity contribution in [3.05, 3.63) is 60.2 Å². The first-order chi connectivity index (χ1) is 14.3. The molecule has 0 aromatic heterocycles. The Balaban J connectivity index is 1.46. The Bertz CT molecular complexity index is 913. The second kappa shape index (κ2) is 7.88. The van der Waals surface area contributed by atoms with Gasteiger partial charge in [0.05, 0.1) is 16.9 Å². The number of piperidine rings is 2. The molecule has 1 spiro atoms. The molecule has 2 saturated heterocycles. The van der Waals surface area contributed by atoms with Crippen molar-refractivity contribution in [2.24, 2.45) is 5.41 Å². The van der Waals surface area contributed by atoms with Crippen molar-refractivity contribution in [3.63, 3.8) is 0 Å². The zero-order valence-electron chi connectivity index (χ0n) is 17.7. The molecule has 2 aliphatic rings. The minimum atomic E-state index is -0.645. The summed E-state index contributed by atoms with van der Waals surface area (Å²) in [5, 5.41) is 12.8. The molecule has 2 fully saturated rings. The lowest BCUT2D eigenvalue weighted by Crippen LogP contribution is -2.57. The molecular weight excluding hydrogens is 376 g/mol. The number of rotatable bonds is 3. The predicted molar refractivity (Wildman–Crippen MR) is 117 cm³/mol. The molecule has 2 aromatic rings. The quantitative estimate of drug-likeness (QED) is 0.823. The Morgan fingerprint density at radius 2 is 1.63 bits per heavy atom. The highest BCUT2D eigenvalue weighted by Crippen LogP contribution is 2.39. The second-order valence-electron chi connectivity index (χ2n) is 9.21. The molecule has 4 rings (SSSR count). The van der Waals surface area contributed by atoms with Gasteiger partial charge in [0.2, 0.25) is 11.8 Å². The first-order valence-corrected chi connectivity index (χ1v) is 10.7. The van der Waals surface area contributed by atoms with E-state index in [2.05, 4.69) is 29.6 Å². The van der Waals surface area contributed by atoms with Gasteiger partial charge in [0, 0.05) is 19.6 Å². The van der Waals surface area contributed by atoms with Crippen LogP contribution in [0.1, 0.15) is 38.7 Å². The summed E-state index contributed by atoms with van der Waals surface area (Å²) in [4.78, 5) is 27.7. The highest BCUT2D eigenvalue weighted by Gasteiger charge is 2.47. The van der Waals surface area contributed by atoms with E-state index in [-0.39, 0.29) is 11.8 Å². The molecule has 30 heavy (non-hydrogen) atoms. The van der Waals surface area contributed by atoms with E-state index in [1.807, 2.05) is 49.1 Å². The molecule has 5 nitrogen and oxygen atoms in total. The number of nitrogens with one attached hydrogen (secondary N) is 1. The van der Waals surface area contributed by atoms with Gasteiger partial charge < -0.3 is 15.3 Å². The number of hydrogen-bond donors (Lipinski definition) is 2. The van der Waals surface area contributed by atoms with E-state index in [0.717, 1.165) is 16.7 Å². The van der Waals surface area contributed by atoms with Crippen LogP contribution in [-0.2, 0) is 15.0 Å². The molecule has 2 aromatic carbocycles. The Kier molecular flexibility index (Phi) is 5.41. The molecule has 5 heteroatoms. The van der Waals surface area contributed by atoms with Crippen LogP contribution in [0.4, 0.5) is 0 Å². The summed E-state index contributed by atoms with van der Waals surface area (Å²) < 4.78 is 0. The number of likely N-dealkylation sites (tertiary alicyclic amines) is 1. The second-order valence-corrected chi connectivity index (χ2v) is 9.21. The van der Waals surface area contributed by atoms with Gasteiger partial charge in [-0.15, -0.1) is 0 Å². The van der Waals surface area contributed by atoms with Crippen molar-refractivity contribution in [1.29, 1.82) is 0 Å². The fraction of sp³-hybridized carbons (Fsp3) is 0.440. The Hall–Kier alpha value is -2.66. The van der Waals surface area contributed by atoms with Gasteiger partial charge >= 0.3 is 0 Å². The van der Waals surface area contributed by atoms with E-state index in [1.54, 1.807) is 0 Å². The number of carbonyl (C=O) groups is 2. The predicted octanol–water partition coefficient (Wildman–Crippen LogP) is 3.12. The van der Waals surface area contributed by atoms with Crippen LogP contribution in [0.25, 0.3) is 11.1 Å². The Morgan fingerprint density at radius 3 is 2.27 bits per heavy atom. The third-order valence-electron chi connectivity index (χ3n) is 6.86. The van der Waals surface area contributed by atoms with Gasteiger partial charge in [-0.05, 0) is 49.8 Å². The molecule has 0 radical (unpaired) electrons. The lowest BCUT2D eigenvalue weighted by molar-refractivity contribution is -0.147. The lowest BCUT2D eigenvalue weighted by atomic mass is 9.71. The van der Waals surface area contributed by atoms with Gasteiger partial charge in [0.1, 0.15) is 0 Å². The fourth-order valence-corrected chi connectivity index (χ4v) is 4.81. The van der Waals surface area contributed by atoms with Gasteiger partial charge in [0.15, 0.2) is 0 Å². The van der Waals surface area contributed by atoms with Crippen LogP contribution >= 0.6 is 0 Å². The molecule has 1 unspecified atom stereocenters. The van der Waals surface area contributed by atoms with Crippen molar-refractivity contribution in [2.45, 2.75) is 44.6 Å². The van der Waals surface area contributed by atoms with Crippen LogP contribution in [0.5, 0.6) is 0 Å². The van der Waals surface area contributed by atoms with Crippen LogP contribution in [0.15, 0.2) is 54.6 Å². The SMILES string of the molecule is CC(C)(C(=O)N1CCC2(CC1)CC(O)CNC2=O)c1ccc(-c2ccccc2)cc1. The zero-order valence-corrected chi connectivity index (χ0v) is 17.7. The normalized spacial score (nSPS) is 21.4. The van der Waals surface area contributed by atoms with E-state index in [0.29, 0.717) is 38.9 Å². The third kappa shape index (κ3) is 3.74. The number of β-amino-alcohol motifs (C(OH)–C–C–N with tert-alkyl or cyclic N) is 1. The van der Waals surface area contributed by atoms with Gasteiger partial charge in [-0.3, -0.25) is 9.59 Å². The number of nitrogens with zero attached hydrogens (tertiary/aromatic N) is 1. The van der Waals surface area contributed by atoms with Crippen molar-refractivity contribution in [2.75, 3.05) is 19.6 Å². The summed E-state index contributed by atoms with van der Waals surface area (Å²) in [6, 6.07) is 18.4. The fourth-order valence-electron chi connectivity index (χ4n) is 4.81. The van der Waals surface area contributed by atoms with Crippen molar-refractivity contribution in [3.8, 4) is 11.1 Å². The number of amides is 2. The maximum absolute atomic E-state index is 13.4. The first kappa shape index (κ1) is 20.6. The third-order valence-corrected chi connectivity index (χ3v) is 6.86. The van der Waals surface area contributed by atoms with Gasteiger partial charge in [-0.25, -0.2) is 0 Å². The maximum atomic E-state index is 13.4. The van der Waals surface area contributed by atoms with Crippen LogP contribution in [0.3, 0.4) is 0 Å². The molecule has 2 amide bonds. The maximum Gasteiger partial charge on any atom is 0.232 e. The Morgan fingerprint density at radius 1 is 1.03 bits per heavy atom. The van der Waals surface area contributed by atoms with Crippen molar-refractivity contribution < 1.29 is 14.7 Å². The minimum Gasteiger partial charge on any atom is -0.391 e. The van der Waals surface area contributed by atoms with Crippen molar-refractivity contribution >= 4 is 11.8 Å². The number of hydrogen-bond acceptors (Lipinski definition) is 3. The molecule has 0 bridgehead atoms. The van der Waals surface area contributed by atoms with Gasteiger partial charge in [-0.2, -0.15) is 0 Å². The van der Waals surface area contributed by atoms with E-state index in [9.17, 15) is 14.7 Å². The minimum absolute atomic E-state index is 0.0238. The number of aliphatic hydroxyl groups is 1. The van der Waals surface area contributed by atoms with Crippen LogP contribution < -0.4 is 5.32 Å². The zero-order chi connectivity index (χ0) is 21.4. The highest BCUT2D eigenvalue weighted by molar-refractivity contribution is 5.88. The van der Waals surface area contributed by atoms with E-state index in [4.69, 9.17) is 0 Å². The monoisotopic (exact) mass is 406 g/mol. The largest absolute Gasteiger partial charge is 0.391 e. The average Bonchev–Trinajstić information content (AvgIpc) is 2.77. The molecule has 0 aliphatic carbocycles. The summed E-state index contributed by atoms with van der Waals surface area (Å²) in [6.07, 6.45) is 1.20. The molecule has 1 atom stereocenters. The molecule has 2 aliphatic heterocycles. The summed E-state index contributed by atoms with van der Waals surface area (Å²) in [5.74, 6) is 0.109. The van der Waals surface area contributed by atoms with Crippen molar-refractivity contribution in [1.82, 2.24) is 10.2 Å². The van der Waals surface area contributed by atoms with E-state index < -0.39 is 16.9 Å². The van der Waals surface area contributed by atoms with Crippen LogP contribution in [-0.4, -0.2) is 47.6 Å². The topological polar surface area (TPSA) is 69.6 Å². The highest BCUT2D eigenvalue weighted by atomic mass is 16.3. The lowest BCUT2D eigenvalue weighted by Gasteiger charge is -2.45. The van der Waals surface area contributed by atoms with Gasteiger partial charge in [0.25, 0.3) is 0 Å². The first-order valence-electron chi connectivity index (χ1n) is 10.7. The van der Waals surface area contributed by atoms with Crippen LogP contribution in [0, 0.1) is 5.41 Å². The summed E-state index contributed by atoms with van der Waals surface area (Å²) in [5.41, 5.74) is 2.09. The van der Waals surface area contributed by atoms with Gasteiger partial charge in [-0.1, -0.05) is 54.6 Å². The smallest absolute Gasteiger partial charge is 0.232 e. The summed E-state index contributed by atoms with van der Waals surface area (Å²) in [6.45, 7) is 5.35. The summed E-state index contributed by atoms with van der Waals surface area (Å²) >= 11 is 0. The molecular formula is C25H30N2O3. The van der Waals surface area contributed by atoms with Crippen LogP contribution in [0.2, 0.25) is 0 Å². The number of aliphatic hydroxyl groups excluding tert-OH is 1. The molecule has 0 saturated carbocycles. The average molecular weight is 407 g/mol. The molecule has 2 heterocycles. The standard InChI is InChI=1S/C25H30N2O3/c1-24(2,20-10-8-19(9-11-20)18-6-4-3-5-7-18)23(30)27-14-12-25(13-15-27)16-21(28)17-26-22(25)29/h3-11,21,28H,12-17H2,1-2H3,(H,26,29). The summed E-state index contributed by atoms with van der Waals surface area (Å²) in [7, 11) is 0. The molecule has 2 N–H and O–H groups in total. The van der Waals surface area contributed by atoms with E-state index >= 15 is 0 Å². The number of benzene rings is 2. The number of carbonyl (C=O) groups excluding carboxylic acids is 2.